The molecule has 0 aliphatic carbocycles. The average molecular weight is 243 g/mol. The molecular weight excluding hydrogens is 220 g/mol. The number of aromatic nitrogens is 2. The van der Waals surface area contributed by atoms with Gasteiger partial charge in [0.2, 0.25) is 0 Å². The van der Waals surface area contributed by atoms with Crippen LogP contribution in [0, 0.1) is 0 Å². The molecule has 1 unspecified atom stereocenters. The van der Waals surface area contributed by atoms with E-state index in [1.165, 1.54) is 29.8 Å². The number of aryl methyl sites for hydroxylation is 2. The Morgan fingerprint density at radius 1 is 1.25 bits per heavy atom. The van der Waals surface area contributed by atoms with Crippen LogP contribution in [0.4, 0.5) is 0 Å². The summed E-state index contributed by atoms with van der Waals surface area (Å²) in [7, 11) is 0. The highest BCUT2D eigenvalue weighted by molar-refractivity contribution is 6.20. The summed E-state index contributed by atoms with van der Waals surface area (Å²) < 4.78 is 2.16. The van der Waals surface area contributed by atoms with Gasteiger partial charge in [-0.05, 0) is 26.2 Å². The highest BCUT2D eigenvalue weighted by Gasteiger charge is 2.18. The van der Waals surface area contributed by atoms with Gasteiger partial charge in [0, 0.05) is 17.8 Å². The first-order valence-corrected chi connectivity index (χ1v) is 6.81. The van der Waals surface area contributed by atoms with Crippen LogP contribution >= 0.6 is 11.6 Å². The second-order valence-electron chi connectivity index (χ2n) is 4.21. The molecule has 0 N–H and O–H groups in total. The van der Waals surface area contributed by atoms with Crippen LogP contribution in [0.2, 0.25) is 0 Å². The van der Waals surface area contributed by atoms with Crippen LogP contribution in [0.5, 0.6) is 0 Å². The largest absolute Gasteiger partial charge is 0.269 e. The third-order valence-corrected chi connectivity index (χ3v) is 3.18. The molecule has 16 heavy (non-hydrogen) atoms. The van der Waals surface area contributed by atoms with Gasteiger partial charge in [-0.15, -0.1) is 11.6 Å². The quantitative estimate of drug-likeness (QED) is 0.687. The van der Waals surface area contributed by atoms with Crippen molar-refractivity contribution in [1.82, 2.24) is 9.78 Å². The van der Waals surface area contributed by atoms with E-state index >= 15 is 0 Å². The molecule has 0 aliphatic rings. The van der Waals surface area contributed by atoms with Gasteiger partial charge in [0.1, 0.15) is 0 Å². The summed E-state index contributed by atoms with van der Waals surface area (Å²) in [6.07, 6.45) is 4.38. The Morgan fingerprint density at radius 3 is 2.38 bits per heavy atom. The first-order valence-electron chi connectivity index (χ1n) is 6.38. The molecule has 0 aliphatic heterocycles. The summed E-state index contributed by atoms with van der Waals surface area (Å²) in [4.78, 5) is 0. The minimum Gasteiger partial charge on any atom is -0.269 e. The summed E-state index contributed by atoms with van der Waals surface area (Å²) in [6, 6.07) is 0. The Morgan fingerprint density at radius 2 is 1.94 bits per heavy atom. The molecule has 0 amide bonds. The van der Waals surface area contributed by atoms with Crippen LogP contribution in [0.1, 0.15) is 62.9 Å². The zero-order chi connectivity index (χ0) is 12.1. The van der Waals surface area contributed by atoms with Crippen molar-refractivity contribution in [3.05, 3.63) is 17.0 Å². The molecule has 0 fully saturated rings. The number of alkyl halides is 1. The predicted molar refractivity (Wildman–Crippen MR) is 70.2 cm³/mol. The van der Waals surface area contributed by atoms with Gasteiger partial charge in [-0.25, -0.2) is 0 Å². The molecule has 92 valence electrons. The number of hydrogen-bond acceptors (Lipinski definition) is 1. The van der Waals surface area contributed by atoms with Crippen LogP contribution in [0.3, 0.4) is 0 Å². The third-order valence-electron chi connectivity index (χ3n) is 2.97. The second kappa shape index (κ2) is 6.29. The first-order chi connectivity index (χ1) is 7.65. The smallest absolute Gasteiger partial charge is 0.0671 e. The summed E-state index contributed by atoms with van der Waals surface area (Å²) in [5.74, 6) is 0. The van der Waals surface area contributed by atoms with Gasteiger partial charge in [0.25, 0.3) is 0 Å². The zero-order valence-electron chi connectivity index (χ0n) is 10.9. The van der Waals surface area contributed by atoms with Gasteiger partial charge < -0.3 is 0 Å². The minimum atomic E-state index is 0.0697. The second-order valence-corrected chi connectivity index (χ2v) is 4.86. The highest BCUT2D eigenvalue weighted by atomic mass is 35.5. The van der Waals surface area contributed by atoms with Crippen molar-refractivity contribution in [2.45, 2.75) is 65.3 Å². The molecule has 0 saturated carbocycles. The molecule has 0 radical (unpaired) electrons. The van der Waals surface area contributed by atoms with Crippen molar-refractivity contribution >= 4 is 11.6 Å². The summed E-state index contributed by atoms with van der Waals surface area (Å²) in [6.45, 7) is 9.61. The molecule has 0 aromatic carbocycles. The topological polar surface area (TPSA) is 17.8 Å². The summed E-state index contributed by atoms with van der Waals surface area (Å²) in [5.41, 5.74) is 3.77. The van der Waals surface area contributed by atoms with Crippen LogP contribution < -0.4 is 0 Å². The molecule has 1 rings (SSSR count). The number of rotatable bonds is 6. The van der Waals surface area contributed by atoms with Crippen LogP contribution in [0.25, 0.3) is 0 Å². The Kier molecular flexibility index (Phi) is 5.33. The lowest BCUT2D eigenvalue weighted by atomic mass is 10.1. The number of hydrogen-bond donors (Lipinski definition) is 0. The van der Waals surface area contributed by atoms with E-state index in [4.69, 9.17) is 16.7 Å². The van der Waals surface area contributed by atoms with E-state index in [0.717, 1.165) is 19.4 Å². The van der Waals surface area contributed by atoms with Gasteiger partial charge in [0.15, 0.2) is 0 Å². The van der Waals surface area contributed by atoms with Gasteiger partial charge in [0.05, 0.1) is 11.1 Å². The average Bonchev–Trinajstić information content (AvgIpc) is 2.63. The molecule has 0 saturated heterocycles. The SMILES string of the molecule is CCCCn1nc(CC)c(C(C)Cl)c1CC. The fraction of sp³-hybridized carbons (Fsp3) is 0.769. The van der Waals surface area contributed by atoms with E-state index in [2.05, 4.69) is 25.5 Å². The van der Waals surface area contributed by atoms with Gasteiger partial charge in [-0.1, -0.05) is 27.2 Å². The lowest BCUT2D eigenvalue weighted by Gasteiger charge is -2.08. The van der Waals surface area contributed by atoms with E-state index < -0.39 is 0 Å². The monoisotopic (exact) mass is 242 g/mol. The minimum absolute atomic E-state index is 0.0697. The van der Waals surface area contributed by atoms with E-state index in [0.29, 0.717) is 0 Å². The Bertz CT molecular complexity index is 329. The van der Waals surface area contributed by atoms with E-state index in [1.807, 2.05) is 6.92 Å². The van der Waals surface area contributed by atoms with Crippen LogP contribution in [-0.4, -0.2) is 9.78 Å². The lowest BCUT2D eigenvalue weighted by Crippen LogP contribution is -2.05. The fourth-order valence-electron chi connectivity index (χ4n) is 2.15. The lowest BCUT2D eigenvalue weighted by molar-refractivity contribution is 0.545. The van der Waals surface area contributed by atoms with Crippen molar-refractivity contribution in [1.29, 1.82) is 0 Å². The van der Waals surface area contributed by atoms with Crippen molar-refractivity contribution in [2.75, 3.05) is 0 Å². The molecule has 1 aromatic rings. The Labute approximate surface area is 104 Å². The van der Waals surface area contributed by atoms with Gasteiger partial charge in [-0.2, -0.15) is 5.10 Å². The summed E-state index contributed by atoms with van der Waals surface area (Å²) in [5, 5.41) is 4.76. The maximum atomic E-state index is 6.27. The predicted octanol–water partition coefficient (Wildman–Crippen LogP) is 4.11. The van der Waals surface area contributed by atoms with E-state index in [1.54, 1.807) is 0 Å². The molecule has 0 bridgehead atoms. The standard InChI is InChI=1S/C13H23ClN2/c1-5-8-9-16-12(7-3)13(10(4)14)11(6-2)15-16/h10H,5-9H2,1-4H3. The molecule has 1 heterocycles. The van der Waals surface area contributed by atoms with Crippen molar-refractivity contribution in [3.63, 3.8) is 0 Å². The summed E-state index contributed by atoms with van der Waals surface area (Å²) >= 11 is 6.27. The Hall–Kier alpha value is -0.500. The van der Waals surface area contributed by atoms with Crippen LogP contribution in [0.15, 0.2) is 0 Å². The molecule has 1 atom stereocenters. The maximum Gasteiger partial charge on any atom is 0.0671 e. The third kappa shape index (κ3) is 2.79. The van der Waals surface area contributed by atoms with E-state index in [-0.39, 0.29) is 5.38 Å². The number of unbranched alkanes of at least 4 members (excludes halogenated alkanes) is 1. The van der Waals surface area contributed by atoms with Crippen molar-refractivity contribution in [3.8, 4) is 0 Å². The normalized spacial score (nSPS) is 13.1. The molecule has 3 heteroatoms. The fourth-order valence-corrected chi connectivity index (χ4v) is 2.40. The van der Waals surface area contributed by atoms with Crippen molar-refractivity contribution < 1.29 is 0 Å². The number of nitrogens with zero attached hydrogens (tertiary/aromatic N) is 2. The molecule has 0 spiro atoms. The van der Waals surface area contributed by atoms with Crippen LogP contribution in [-0.2, 0) is 19.4 Å². The Balaban J connectivity index is 3.08. The molecule has 2 nitrogen and oxygen atoms in total. The number of halogens is 1. The van der Waals surface area contributed by atoms with Crippen molar-refractivity contribution in [2.24, 2.45) is 0 Å². The molecular formula is C13H23ClN2. The van der Waals surface area contributed by atoms with E-state index in [9.17, 15) is 0 Å². The first kappa shape index (κ1) is 13.6. The highest BCUT2D eigenvalue weighted by Crippen LogP contribution is 2.28. The maximum absolute atomic E-state index is 6.27. The molecule has 1 aromatic heterocycles. The van der Waals surface area contributed by atoms with Gasteiger partial charge in [-0.3, -0.25) is 4.68 Å². The van der Waals surface area contributed by atoms with Gasteiger partial charge >= 0.3 is 0 Å². The zero-order valence-corrected chi connectivity index (χ0v) is 11.6.